The minimum absolute atomic E-state index is 0.728. The normalized spacial score (nSPS) is 48.2. The number of rotatable bonds is 19. The van der Waals surface area contributed by atoms with Gasteiger partial charge in [-0.25, -0.2) is 0 Å². The lowest BCUT2D eigenvalue weighted by Crippen LogP contribution is -2.71. The molecule has 30 atom stereocenters. The second-order valence-electron chi connectivity index (χ2n) is 19.0. The first-order valence-corrected chi connectivity index (χ1v) is 24.1. The molecule has 6 heterocycles. The van der Waals surface area contributed by atoms with Gasteiger partial charge in [0.15, 0.2) is 37.7 Å². The summed E-state index contributed by atoms with van der Waals surface area (Å²) in [6.07, 6.45) is -51.0. The summed E-state index contributed by atoms with van der Waals surface area (Å²) in [4.78, 5) is 37.3. The molecule has 440 valence electrons. The van der Waals surface area contributed by atoms with Gasteiger partial charge in [-0.3, -0.25) is 14.4 Å². The van der Waals surface area contributed by atoms with E-state index in [1.165, 1.54) is 0 Å². The fourth-order valence-electron chi connectivity index (χ4n) is 9.72. The van der Waals surface area contributed by atoms with Crippen molar-refractivity contribution in [2.24, 2.45) is 0 Å². The molecule has 76 heavy (non-hydrogen) atoms. The number of carbonyl (C=O) groups is 3. The fourth-order valence-corrected chi connectivity index (χ4v) is 9.72. The molecular weight excluding hydrogens is 1040 g/mol. The first-order chi connectivity index (χ1) is 35.9. The molecule has 0 spiro atoms. The molecule has 6 aliphatic heterocycles. The summed E-state index contributed by atoms with van der Waals surface area (Å²) in [5.74, 6) is -2.42. The summed E-state index contributed by atoms with van der Waals surface area (Å²) in [7, 11) is 0. The van der Waals surface area contributed by atoms with Gasteiger partial charge < -0.3 is 155 Å². The summed E-state index contributed by atoms with van der Waals surface area (Å²) >= 11 is 0. The molecule has 20 N–H and O–H groups in total. The van der Waals surface area contributed by atoms with E-state index in [-0.39, 0.29) is 0 Å². The lowest BCUT2D eigenvalue weighted by atomic mass is 9.93. The van der Waals surface area contributed by atoms with Gasteiger partial charge in [-0.15, -0.1) is 0 Å². The van der Waals surface area contributed by atoms with Crippen molar-refractivity contribution < 1.29 is 153 Å². The van der Waals surface area contributed by atoms with Crippen LogP contribution in [0.3, 0.4) is 0 Å². The summed E-state index contributed by atoms with van der Waals surface area (Å²) in [6.45, 7) is -2.73. The maximum atomic E-state index is 12.7. The lowest BCUT2D eigenvalue weighted by molar-refractivity contribution is -0.382. The molecule has 0 aromatic heterocycles. The third-order valence-corrected chi connectivity index (χ3v) is 13.6. The summed E-state index contributed by atoms with van der Waals surface area (Å²) in [6, 6.07) is -5.01. The number of amides is 3. The van der Waals surface area contributed by atoms with Gasteiger partial charge in [0.2, 0.25) is 17.7 Å². The molecular formula is C42H71N3O31. The Morgan fingerprint density at radius 3 is 0.921 bits per heavy atom. The summed E-state index contributed by atoms with van der Waals surface area (Å²) < 4.78 is 63.2. The van der Waals surface area contributed by atoms with Crippen molar-refractivity contribution in [2.75, 3.05) is 39.6 Å². The molecule has 34 heteroatoms. The second kappa shape index (κ2) is 27.2. The predicted octanol–water partition coefficient (Wildman–Crippen LogP) is -13.7. The first kappa shape index (κ1) is 62.5. The number of nitrogens with one attached hydrogen (secondary N) is 3. The van der Waals surface area contributed by atoms with Crippen LogP contribution in [0.1, 0.15) is 20.8 Å². The Labute approximate surface area is 431 Å². The van der Waals surface area contributed by atoms with E-state index in [9.17, 15) is 101 Å². The highest BCUT2D eigenvalue weighted by Gasteiger charge is 2.58. The topological polar surface area (TPSA) is 533 Å². The minimum atomic E-state index is -2.26. The van der Waals surface area contributed by atoms with E-state index in [1.54, 1.807) is 0 Å². The van der Waals surface area contributed by atoms with Crippen LogP contribution in [0.25, 0.3) is 0 Å². The Kier molecular flexibility index (Phi) is 22.3. The maximum absolute atomic E-state index is 12.7. The Balaban J connectivity index is 1.21. The Morgan fingerprint density at radius 2 is 0.579 bits per heavy atom. The van der Waals surface area contributed by atoms with Crippen LogP contribution >= 0.6 is 0 Å². The molecule has 0 aliphatic carbocycles. The average molecular weight is 1110 g/mol. The number of carbonyl (C=O) groups excluding carboxylic acids is 3. The van der Waals surface area contributed by atoms with Crippen LogP contribution in [0.15, 0.2) is 0 Å². The van der Waals surface area contributed by atoms with Gasteiger partial charge in [-0.05, 0) is 0 Å². The van der Waals surface area contributed by atoms with Crippen molar-refractivity contribution in [3.05, 3.63) is 0 Å². The van der Waals surface area contributed by atoms with E-state index < -0.39 is 241 Å². The number of hydrogen-bond donors (Lipinski definition) is 20. The highest BCUT2D eigenvalue weighted by Crippen LogP contribution is 2.37. The molecule has 0 saturated carbocycles. The molecule has 6 aliphatic rings. The van der Waals surface area contributed by atoms with Gasteiger partial charge in [0.1, 0.15) is 146 Å². The van der Waals surface area contributed by atoms with Crippen LogP contribution in [-0.4, -0.2) is 328 Å². The summed E-state index contributed by atoms with van der Waals surface area (Å²) in [5, 5.41) is 190. The monoisotopic (exact) mass is 1110 g/mol. The lowest BCUT2D eigenvalue weighted by Gasteiger charge is -2.51. The van der Waals surface area contributed by atoms with Crippen LogP contribution < -0.4 is 16.0 Å². The Bertz CT molecular complexity index is 1860. The smallest absolute Gasteiger partial charge is 0.217 e. The second-order valence-corrected chi connectivity index (χ2v) is 19.0. The van der Waals surface area contributed by atoms with E-state index >= 15 is 0 Å². The minimum Gasteiger partial charge on any atom is -0.394 e. The SMILES string of the molecule is CC(=O)N[C@@H]1[C@@H](O[C@@H]2O[C@H](CO)[C@H](O[C@H]3O[C@H](CO)[C@H](O)[C@H](O[C@@H]4O[C@H](CO)[C@H](O[C@H]5O[C@H](CO)[C@H](O)[C@H](O[C@@H]6O[C@H](CO)[C@H](O)[C@H](O)[C@H]6O)[C@H]5NC(C)=O)[C@H](O)[C@H]4O)[C@H]3NC(C)=O)[C@H](O)[C@H]2O)[C@@H](O)[C@@H](CO)O[C@@H]1O. The molecule has 6 rings (SSSR count). The molecule has 0 bridgehead atoms. The number of aliphatic hydroxyl groups is 17. The van der Waals surface area contributed by atoms with Crippen molar-refractivity contribution in [1.29, 1.82) is 0 Å². The van der Waals surface area contributed by atoms with Gasteiger partial charge in [0.25, 0.3) is 0 Å². The molecule has 0 radical (unpaired) electrons. The fraction of sp³-hybridized carbons (Fsp3) is 0.929. The van der Waals surface area contributed by atoms with Gasteiger partial charge >= 0.3 is 0 Å². The van der Waals surface area contributed by atoms with Crippen LogP contribution in [0.4, 0.5) is 0 Å². The Hall–Kier alpha value is -2.71. The van der Waals surface area contributed by atoms with Gasteiger partial charge in [0.05, 0.1) is 39.6 Å². The summed E-state index contributed by atoms with van der Waals surface area (Å²) in [5.41, 5.74) is 0. The molecule has 6 saturated heterocycles. The van der Waals surface area contributed by atoms with E-state index in [0.717, 1.165) is 20.8 Å². The van der Waals surface area contributed by atoms with E-state index in [4.69, 9.17) is 52.1 Å². The first-order valence-electron chi connectivity index (χ1n) is 24.1. The zero-order valence-corrected chi connectivity index (χ0v) is 40.9. The average Bonchev–Trinajstić information content (AvgIpc) is 3.38. The van der Waals surface area contributed by atoms with E-state index in [0.29, 0.717) is 0 Å². The molecule has 3 amide bonds. The van der Waals surface area contributed by atoms with Crippen molar-refractivity contribution in [3.63, 3.8) is 0 Å². The number of aliphatic hydroxyl groups excluding tert-OH is 17. The maximum Gasteiger partial charge on any atom is 0.217 e. The Morgan fingerprint density at radius 1 is 0.316 bits per heavy atom. The van der Waals surface area contributed by atoms with Crippen LogP contribution in [0, 0.1) is 0 Å². The molecule has 0 aromatic carbocycles. The van der Waals surface area contributed by atoms with Gasteiger partial charge in [0, 0.05) is 20.8 Å². The zero-order valence-electron chi connectivity index (χ0n) is 40.9. The highest BCUT2D eigenvalue weighted by atomic mass is 16.8. The van der Waals surface area contributed by atoms with Crippen LogP contribution in [-0.2, 0) is 66.5 Å². The molecule has 34 nitrogen and oxygen atoms in total. The molecule has 0 unspecified atom stereocenters. The van der Waals surface area contributed by atoms with Gasteiger partial charge in [-0.2, -0.15) is 0 Å². The van der Waals surface area contributed by atoms with Crippen molar-refractivity contribution in [1.82, 2.24) is 16.0 Å². The van der Waals surface area contributed by atoms with E-state index in [2.05, 4.69) is 16.0 Å². The van der Waals surface area contributed by atoms with Gasteiger partial charge in [-0.1, -0.05) is 0 Å². The van der Waals surface area contributed by atoms with Crippen molar-refractivity contribution in [3.8, 4) is 0 Å². The predicted molar refractivity (Wildman–Crippen MR) is 234 cm³/mol. The molecule has 6 fully saturated rings. The van der Waals surface area contributed by atoms with Crippen LogP contribution in [0.2, 0.25) is 0 Å². The largest absolute Gasteiger partial charge is 0.394 e. The highest BCUT2D eigenvalue weighted by molar-refractivity contribution is 5.74. The number of hydrogen-bond acceptors (Lipinski definition) is 31. The molecule has 0 aromatic rings. The van der Waals surface area contributed by atoms with Crippen LogP contribution in [0.5, 0.6) is 0 Å². The number of ether oxygens (including phenoxy) is 11. The van der Waals surface area contributed by atoms with Crippen molar-refractivity contribution in [2.45, 2.75) is 205 Å². The third-order valence-electron chi connectivity index (χ3n) is 13.6. The zero-order chi connectivity index (χ0) is 56.2. The van der Waals surface area contributed by atoms with E-state index in [1.807, 2.05) is 0 Å². The standard InChI is InChI=1S/C42H71N3O31/c1-10(52)43-19-34(23(56)14(5-47)66-37(19)65)74-41-30(63)27(60)32(17(8-50)70-41)72-39-21(45-12(3)54)36(25(58)16(7-49)68-39)76-42-31(64)28(61)33(18(9-51)71-42)73-38-20(44-11(2)53)35(24(57)15(6-48)67-38)75-40-29(62)26(59)22(55)13(4-46)69-40/h13-42,46-51,55-65H,4-9H2,1-3H3,(H,43,52)(H,44,53)(H,45,54)/t13-,14-,15-,16-,17-,18-,19-,20-,21-,22+,23+,24+,25+,26+,27-,28-,29-,30-,31-,32+,33+,34-,35-,36-,37+,38-,39-,40+,41+,42+/m1/s1. The third kappa shape index (κ3) is 13.5. The quantitative estimate of drug-likeness (QED) is 0.0571. The van der Waals surface area contributed by atoms with Crippen molar-refractivity contribution >= 4 is 17.7 Å².